The van der Waals surface area contributed by atoms with Gasteiger partial charge in [0.05, 0.1) is 0 Å². The largest absolute Gasteiger partial charge is 0.300 e. The van der Waals surface area contributed by atoms with Crippen molar-refractivity contribution in [2.75, 3.05) is 0 Å². The highest BCUT2D eigenvalue weighted by atomic mass is 16.1. The molecule has 0 saturated heterocycles. The fraction of sp³-hybridized carbons (Fsp3) is 0.812. The summed E-state index contributed by atoms with van der Waals surface area (Å²) in [5, 5.41) is 0. The Morgan fingerprint density at radius 3 is 2.35 bits per heavy atom. The van der Waals surface area contributed by atoms with Gasteiger partial charge in [0, 0.05) is 5.92 Å². The van der Waals surface area contributed by atoms with E-state index in [2.05, 4.69) is 27.7 Å². The van der Waals surface area contributed by atoms with Crippen molar-refractivity contribution in [1.82, 2.24) is 0 Å². The Morgan fingerprint density at radius 2 is 1.76 bits per heavy atom. The van der Waals surface area contributed by atoms with Crippen LogP contribution in [0.1, 0.15) is 53.9 Å². The smallest absolute Gasteiger partial charge is 0.133 e. The van der Waals surface area contributed by atoms with Crippen LogP contribution in [0.3, 0.4) is 0 Å². The van der Waals surface area contributed by atoms with E-state index in [-0.39, 0.29) is 0 Å². The van der Waals surface area contributed by atoms with Gasteiger partial charge in [-0.15, -0.1) is 0 Å². The lowest BCUT2D eigenvalue weighted by Crippen LogP contribution is -2.33. The van der Waals surface area contributed by atoms with E-state index < -0.39 is 0 Å². The molecule has 1 heteroatoms. The van der Waals surface area contributed by atoms with E-state index in [0.717, 1.165) is 30.6 Å². The van der Waals surface area contributed by atoms with Crippen LogP contribution in [0.15, 0.2) is 11.1 Å². The summed E-state index contributed by atoms with van der Waals surface area (Å²) in [6, 6.07) is 0. The topological polar surface area (TPSA) is 17.1 Å². The molecule has 2 aliphatic carbocycles. The zero-order valence-corrected chi connectivity index (χ0v) is 11.9. The second-order valence-corrected chi connectivity index (χ2v) is 6.54. The molecule has 0 aromatic rings. The number of hydrogen-bond donors (Lipinski definition) is 0. The Balaban J connectivity index is 2.30. The zero-order valence-electron chi connectivity index (χ0n) is 11.9. The van der Waals surface area contributed by atoms with Gasteiger partial charge in [0.15, 0.2) is 0 Å². The van der Waals surface area contributed by atoms with Crippen LogP contribution < -0.4 is 0 Å². The number of rotatable bonds is 1. The van der Waals surface area contributed by atoms with Crippen LogP contribution in [0.4, 0.5) is 0 Å². The molecule has 5 unspecified atom stereocenters. The minimum atomic E-state index is 0.302. The van der Waals surface area contributed by atoms with Gasteiger partial charge in [0.1, 0.15) is 5.78 Å². The summed E-state index contributed by atoms with van der Waals surface area (Å²) in [6.45, 7) is 11.2. The van der Waals surface area contributed by atoms with Crippen LogP contribution >= 0.6 is 0 Å². The van der Waals surface area contributed by atoms with Crippen molar-refractivity contribution >= 4 is 5.78 Å². The van der Waals surface area contributed by atoms with E-state index in [9.17, 15) is 4.79 Å². The summed E-state index contributed by atoms with van der Waals surface area (Å²) in [5.41, 5.74) is 3.33. The van der Waals surface area contributed by atoms with Crippen LogP contribution in [0.2, 0.25) is 0 Å². The molecule has 0 aromatic carbocycles. The van der Waals surface area contributed by atoms with Crippen LogP contribution in [0, 0.1) is 29.6 Å². The van der Waals surface area contributed by atoms with Gasteiger partial charge in [-0.05, 0) is 49.9 Å². The first-order valence-corrected chi connectivity index (χ1v) is 7.14. The third kappa shape index (κ3) is 2.21. The SMILES string of the molecule is CC(=O)C1CC2=C(C(C)C1)C(C)C(C)C(C)C2. The minimum absolute atomic E-state index is 0.302. The van der Waals surface area contributed by atoms with Gasteiger partial charge in [-0.3, -0.25) is 4.79 Å². The van der Waals surface area contributed by atoms with Crippen molar-refractivity contribution in [2.24, 2.45) is 29.6 Å². The number of carbonyl (C=O) groups is 1. The molecule has 0 spiro atoms. The molecule has 0 heterocycles. The maximum Gasteiger partial charge on any atom is 0.133 e. The van der Waals surface area contributed by atoms with E-state index in [0.29, 0.717) is 17.6 Å². The first-order chi connectivity index (χ1) is 7.91. The molecule has 17 heavy (non-hydrogen) atoms. The molecule has 0 bridgehead atoms. The molecule has 96 valence electrons. The van der Waals surface area contributed by atoms with Crippen LogP contribution in [-0.2, 0) is 4.79 Å². The molecular weight excluding hydrogens is 208 g/mol. The molecule has 0 N–H and O–H groups in total. The molecular formula is C16H26O. The molecule has 0 radical (unpaired) electrons. The Hall–Kier alpha value is -0.590. The molecule has 0 aromatic heterocycles. The Labute approximate surface area is 106 Å². The quantitative estimate of drug-likeness (QED) is 0.620. The summed E-state index contributed by atoms with van der Waals surface area (Å²) >= 11 is 0. The predicted molar refractivity (Wildman–Crippen MR) is 71.7 cm³/mol. The molecule has 5 atom stereocenters. The standard InChI is InChI=1S/C16H26O/c1-9-6-15-8-14(13(5)17)7-10(2)16(15)12(4)11(9)3/h9-12,14H,6-8H2,1-5H3. The van der Waals surface area contributed by atoms with Crippen LogP contribution in [0.5, 0.6) is 0 Å². The normalized spacial score (nSPS) is 42.3. The van der Waals surface area contributed by atoms with E-state index >= 15 is 0 Å². The molecule has 0 fully saturated rings. The molecule has 1 nitrogen and oxygen atoms in total. The van der Waals surface area contributed by atoms with Crippen molar-refractivity contribution in [3.05, 3.63) is 11.1 Å². The summed E-state index contributed by atoms with van der Waals surface area (Å²) in [4.78, 5) is 11.6. The molecule has 0 aliphatic heterocycles. The Bertz CT molecular complexity index is 353. The average molecular weight is 234 g/mol. The van der Waals surface area contributed by atoms with E-state index in [1.165, 1.54) is 6.42 Å². The van der Waals surface area contributed by atoms with Gasteiger partial charge >= 0.3 is 0 Å². The van der Waals surface area contributed by atoms with Crippen molar-refractivity contribution in [1.29, 1.82) is 0 Å². The molecule has 2 aliphatic rings. The minimum Gasteiger partial charge on any atom is -0.300 e. The predicted octanol–water partition coefficient (Wildman–Crippen LogP) is 4.23. The average Bonchev–Trinajstić information content (AvgIpc) is 2.25. The number of carbonyl (C=O) groups excluding carboxylic acids is 1. The van der Waals surface area contributed by atoms with Crippen molar-refractivity contribution < 1.29 is 4.79 Å². The molecule has 0 amide bonds. The lowest BCUT2D eigenvalue weighted by molar-refractivity contribution is -0.121. The fourth-order valence-corrected chi connectivity index (χ4v) is 4.03. The summed E-state index contributed by atoms with van der Waals surface area (Å²) in [5.74, 6) is 3.61. The molecule has 0 saturated carbocycles. The van der Waals surface area contributed by atoms with Gasteiger partial charge in [-0.25, -0.2) is 0 Å². The highest BCUT2D eigenvalue weighted by Crippen LogP contribution is 2.48. The Morgan fingerprint density at radius 1 is 1.12 bits per heavy atom. The first kappa shape index (κ1) is 12.9. The highest BCUT2D eigenvalue weighted by molar-refractivity contribution is 5.79. The monoisotopic (exact) mass is 234 g/mol. The summed E-state index contributed by atoms with van der Waals surface area (Å²) < 4.78 is 0. The second-order valence-electron chi connectivity index (χ2n) is 6.54. The van der Waals surface area contributed by atoms with Crippen LogP contribution in [0.25, 0.3) is 0 Å². The van der Waals surface area contributed by atoms with Gasteiger partial charge in [0.2, 0.25) is 0 Å². The second kappa shape index (κ2) is 4.59. The first-order valence-electron chi connectivity index (χ1n) is 7.14. The van der Waals surface area contributed by atoms with Crippen molar-refractivity contribution in [3.8, 4) is 0 Å². The van der Waals surface area contributed by atoms with Crippen LogP contribution in [-0.4, -0.2) is 5.78 Å². The summed E-state index contributed by atoms with van der Waals surface area (Å²) in [7, 11) is 0. The van der Waals surface area contributed by atoms with E-state index in [4.69, 9.17) is 0 Å². The zero-order chi connectivity index (χ0) is 12.7. The number of ketones is 1. The van der Waals surface area contributed by atoms with Crippen molar-refractivity contribution in [2.45, 2.75) is 53.9 Å². The maximum atomic E-state index is 11.6. The third-order valence-electron chi connectivity index (χ3n) is 5.39. The lowest BCUT2D eigenvalue weighted by atomic mass is 9.62. The number of allylic oxidation sites excluding steroid dienone is 2. The Kier molecular flexibility index (Phi) is 3.47. The fourth-order valence-electron chi connectivity index (χ4n) is 4.03. The third-order valence-corrected chi connectivity index (χ3v) is 5.39. The van der Waals surface area contributed by atoms with Gasteiger partial charge in [-0.2, -0.15) is 0 Å². The van der Waals surface area contributed by atoms with E-state index in [1.54, 1.807) is 18.1 Å². The number of hydrogen-bond acceptors (Lipinski definition) is 1. The van der Waals surface area contributed by atoms with Gasteiger partial charge in [0.25, 0.3) is 0 Å². The lowest BCUT2D eigenvalue weighted by Gasteiger charge is -2.43. The van der Waals surface area contributed by atoms with Gasteiger partial charge in [-0.1, -0.05) is 38.8 Å². The maximum absolute atomic E-state index is 11.6. The highest BCUT2D eigenvalue weighted by Gasteiger charge is 2.37. The van der Waals surface area contributed by atoms with E-state index in [1.807, 2.05) is 0 Å². The van der Waals surface area contributed by atoms with Gasteiger partial charge < -0.3 is 0 Å². The van der Waals surface area contributed by atoms with Crippen molar-refractivity contribution in [3.63, 3.8) is 0 Å². The number of Topliss-reactive ketones (excluding diaryl/α,β-unsaturated/α-hetero) is 1. The summed E-state index contributed by atoms with van der Waals surface area (Å²) in [6.07, 6.45) is 3.37. The molecule has 2 rings (SSSR count).